The zero-order valence-electron chi connectivity index (χ0n) is 29.6. The quantitative estimate of drug-likeness (QED) is 0.180. The van der Waals surface area contributed by atoms with Gasteiger partial charge in [-0.3, -0.25) is 0 Å². The molecule has 0 saturated carbocycles. The van der Waals surface area contributed by atoms with Crippen molar-refractivity contribution in [3.05, 3.63) is 182 Å². The molecule has 0 radical (unpaired) electrons. The normalized spacial score (nSPS) is 12.4. The number of aromatic nitrogens is 2. The lowest BCUT2D eigenvalue weighted by atomic mass is 10.0. The fraction of sp³-hybridized carbons (Fsp3) is 0. The first-order valence-electron chi connectivity index (χ1n) is 18.9. The van der Waals surface area contributed by atoms with E-state index in [1.807, 2.05) is 0 Å². The van der Waals surface area contributed by atoms with Crippen LogP contribution < -0.4 is 0 Å². The molecule has 0 unspecified atom stereocenters. The summed E-state index contributed by atoms with van der Waals surface area (Å²) in [5, 5.41) is 9.65. The van der Waals surface area contributed by atoms with Crippen LogP contribution in [0.3, 0.4) is 0 Å². The van der Waals surface area contributed by atoms with Crippen LogP contribution in [0.1, 0.15) is 0 Å². The van der Waals surface area contributed by atoms with Crippen LogP contribution in [0.15, 0.2) is 186 Å². The van der Waals surface area contributed by atoms with Gasteiger partial charge < -0.3 is 13.6 Å². The van der Waals surface area contributed by atoms with Crippen molar-refractivity contribution in [3.8, 4) is 44.8 Å². The van der Waals surface area contributed by atoms with Crippen molar-refractivity contribution in [1.82, 2.24) is 9.13 Å². The summed E-state index contributed by atoms with van der Waals surface area (Å²) in [7, 11) is 0. The largest absolute Gasteiger partial charge is 0.455 e. The van der Waals surface area contributed by atoms with Crippen LogP contribution in [0.2, 0.25) is 0 Å². The fourth-order valence-electron chi connectivity index (χ4n) is 9.77. The molecular weight excluding hydrogens is 669 g/mol. The Hall–Kier alpha value is -7.36. The molecule has 0 saturated heterocycles. The predicted octanol–water partition coefficient (Wildman–Crippen LogP) is 14.2. The third kappa shape index (κ3) is 3.84. The first-order valence-corrected chi connectivity index (χ1v) is 18.9. The molecule has 12 aromatic rings. The molecule has 1 aliphatic rings. The highest BCUT2D eigenvalue weighted by atomic mass is 16.3. The van der Waals surface area contributed by atoms with Gasteiger partial charge in [0.25, 0.3) is 0 Å². The molecule has 0 fully saturated rings. The summed E-state index contributed by atoms with van der Waals surface area (Å²) in [4.78, 5) is 0. The lowest BCUT2D eigenvalue weighted by Crippen LogP contribution is -1.96. The summed E-state index contributed by atoms with van der Waals surface area (Å²) in [6.07, 6.45) is 0. The lowest BCUT2D eigenvalue weighted by molar-refractivity contribution is 0.673. The second-order valence-corrected chi connectivity index (χ2v) is 14.8. The summed E-state index contributed by atoms with van der Waals surface area (Å²) in [5.74, 6) is 0. The van der Waals surface area contributed by atoms with Gasteiger partial charge in [0, 0.05) is 38.3 Å². The molecule has 55 heavy (non-hydrogen) atoms. The number of furan rings is 1. The number of benzene rings is 9. The topological polar surface area (TPSA) is 23.0 Å². The molecule has 0 atom stereocenters. The van der Waals surface area contributed by atoms with E-state index in [1.165, 1.54) is 71.3 Å². The van der Waals surface area contributed by atoms with Crippen LogP contribution in [0, 0.1) is 0 Å². The minimum atomic E-state index is 0.903. The van der Waals surface area contributed by atoms with E-state index in [-0.39, 0.29) is 0 Å². The molecule has 254 valence electrons. The third-order valence-corrected chi connectivity index (χ3v) is 12.0. The minimum absolute atomic E-state index is 0.903. The monoisotopic (exact) mass is 698 g/mol. The SMILES string of the molecule is c1ccc(-c2cccc(-n3c4ccc5c6ccccc6oc5c4c4c5c6ccccc6n(-c6cc7c8c(cccc8c6)-c6ccccc6-7)c5ccc43)c2)cc1. The Morgan fingerprint density at radius 1 is 0.327 bits per heavy atom. The second kappa shape index (κ2) is 10.6. The van der Waals surface area contributed by atoms with E-state index in [4.69, 9.17) is 4.42 Å². The van der Waals surface area contributed by atoms with Crippen LogP contribution in [0.25, 0.3) is 121 Å². The van der Waals surface area contributed by atoms with Crippen molar-refractivity contribution in [2.75, 3.05) is 0 Å². The van der Waals surface area contributed by atoms with Crippen molar-refractivity contribution in [1.29, 1.82) is 0 Å². The molecular formula is C52H30N2O. The van der Waals surface area contributed by atoms with E-state index in [1.54, 1.807) is 0 Å². The Morgan fingerprint density at radius 3 is 1.87 bits per heavy atom. The van der Waals surface area contributed by atoms with E-state index < -0.39 is 0 Å². The van der Waals surface area contributed by atoms with Crippen molar-refractivity contribution in [3.63, 3.8) is 0 Å². The summed E-state index contributed by atoms with van der Waals surface area (Å²) >= 11 is 0. The van der Waals surface area contributed by atoms with Crippen LogP contribution >= 0.6 is 0 Å². The van der Waals surface area contributed by atoms with Crippen molar-refractivity contribution >= 4 is 76.3 Å². The molecule has 13 rings (SSSR count). The standard InChI is InChI=1S/C52H30N2O/c1-2-12-31(13-3-1)32-14-10-16-34(28-32)53-45-27-26-44-49(50(45)51-46(53)25-24-40-38-19-7-9-23-47(38)55-52(40)51)41-20-6-8-22-43(41)54(44)35-29-33-15-11-21-39-36-17-4-5-18-37(36)42(30-35)48(33)39/h1-30H. The molecule has 3 aromatic heterocycles. The highest BCUT2D eigenvalue weighted by molar-refractivity contribution is 6.34. The molecule has 1 aliphatic carbocycles. The number of fused-ring (bicyclic) bond motifs is 14. The van der Waals surface area contributed by atoms with Gasteiger partial charge in [-0.05, 0) is 105 Å². The molecule has 0 amide bonds. The Bertz CT molecular complexity index is 3600. The number of nitrogens with zero attached hydrogens (tertiary/aromatic N) is 2. The van der Waals surface area contributed by atoms with E-state index in [0.717, 1.165) is 49.7 Å². The van der Waals surface area contributed by atoms with Gasteiger partial charge in [-0.25, -0.2) is 0 Å². The van der Waals surface area contributed by atoms with Gasteiger partial charge in [0.2, 0.25) is 0 Å². The average molecular weight is 699 g/mol. The second-order valence-electron chi connectivity index (χ2n) is 14.8. The predicted molar refractivity (Wildman–Crippen MR) is 230 cm³/mol. The van der Waals surface area contributed by atoms with Crippen molar-refractivity contribution < 1.29 is 4.42 Å². The van der Waals surface area contributed by atoms with Crippen LogP contribution in [-0.4, -0.2) is 9.13 Å². The summed E-state index contributed by atoms with van der Waals surface area (Å²) in [6.45, 7) is 0. The van der Waals surface area contributed by atoms with Crippen LogP contribution in [0.5, 0.6) is 0 Å². The molecule has 0 aliphatic heterocycles. The highest BCUT2D eigenvalue weighted by Crippen LogP contribution is 2.50. The third-order valence-electron chi connectivity index (χ3n) is 12.0. The van der Waals surface area contributed by atoms with Gasteiger partial charge in [-0.2, -0.15) is 0 Å². The van der Waals surface area contributed by atoms with Gasteiger partial charge >= 0.3 is 0 Å². The number of rotatable bonds is 3. The zero-order valence-corrected chi connectivity index (χ0v) is 29.6. The van der Waals surface area contributed by atoms with Crippen molar-refractivity contribution in [2.24, 2.45) is 0 Å². The molecule has 0 spiro atoms. The Kier molecular flexibility index (Phi) is 5.63. The smallest absolute Gasteiger partial charge is 0.145 e. The minimum Gasteiger partial charge on any atom is -0.455 e. The maximum absolute atomic E-state index is 6.87. The maximum Gasteiger partial charge on any atom is 0.145 e. The van der Waals surface area contributed by atoms with Crippen molar-refractivity contribution in [2.45, 2.75) is 0 Å². The first kappa shape index (κ1) is 29.1. The zero-order chi connectivity index (χ0) is 35.8. The number of hydrogen-bond acceptors (Lipinski definition) is 1. The Morgan fingerprint density at radius 2 is 0.982 bits per heavy atom. The van der Waals surface area contributed by atoms with E-state index in [2.05, 4.69) is 191 Å². The molecule has 3 nitrogen and oxygen atoms in total. The van der Waals surface area contributed by atoms with Gasteiger partial charge in [-0.15, -0.1) is 0 Å². The molecule has 3 heterocycles. The van der Waals surface area contributed by atoms with E-state index >= 15 is 0 Å². The number of para-hydroxylation sites is 2. The number of hydrogen-bond donors (Lipinski definition) is 0. The molecule has 9 aromatic carbocycles. The van der Waals surface area contributed by atoms with Gasteiger partial charge in [0.15, 0.2) is 0 Å². The Labute approximate surface area is 315 Å². The van der Waals surface area contributed by atoms with E-state index in [9.17, 15) is 0 Å². The summed E-state index contributed by atoms with van der Waals surface area (Å²) in [5.41, 5.74) is 16.3. The average Bonchev–Trinajstić information content (AvgIpc) is 3.98. The van der Waals surface area contributed by atoms with Gasteiger partial charge in [0.05, 0.1) is 27.5 Å². The van der Waals surface area contributed by atoms with E-state index in [0.29, 0.717) is 0 Å². The molecule has 0 bridgehead atoms. The first-order chi connectivity index (χ1) is 27.3. The van der Waals surface area contributed by atoms with Gasteiger partial charge in [0.1, 0.15) is 11.2 Å². The Balaban J connectivity index is 1.19. The fourth-order valence-corrected chi connectivity index (χ4v) is 9.77. The highest BCUT2D eigenvalue weighted by Gasteiger charge is 2.26. The van der Waals surface area contributed by atoms with Crippen LogP contribution in [0.4, 0.5) is 0 Å². The molecule has 3 heteroatoms. The lowest BCUT2D eigenvalue weighted by Gasteiger charge is -2.12. The van der Waals surface area contributed by atoms with Crippen LogP contribution in [-0.2, 0) is 0 Å². The summed E-state index contributed by atoms with van der Waals surface area (Å²) in [6, 6.07) is 66.4. The summed E-state index contributed by atoms with van der Waals surface area (Å²) < 4.78 is 11.8. The maximum atomic E-state index is 6.87. The van der Waals surface area contributed by atoms with Gasteiger partial charge in [-0.1, -0.05) is 121 Å². The molecule has 0 N–H and O–H groups in total.